The van der Waals surface area contributed by atoms with Crippen molar-refractivity contribution >= 4 is 34.2 Å². The van der Waals surface area contributed by atoms with Gasteiger partial charge in [-0.15, -0.1) is 0 Å². The van der Waals surface area contributed by atoms with Gasteiger partial charge in [0.25, 0.3) is 11.8 Å². The Morgan fingerprint density at radius 1 is 1.03 bits per heavy atom. The monoisotopic (exact) mass is 411 g/mol. The van der Waals surface area contributed by atoms with Crippen molar-refractivity contribution in [3.63, 3.8) is 0 Å². The van der Waals surface area contributed by atoms with Crippen LogP contribution in [0.2, 0.25) is 0 Å². The number of fused-ring (bicyclic) bond motifs is 2. The Hall–Kier alpha value is -3.49. The van der Waals surface area contributed by atoms with Crippen LogP contribution in [0.4, 0.5) is 20.3 Å². The van der Waals surface area contributed by atoms with Gasteiger partial charge in [-0.25, -0.2) is 8.78 Å². The number of imide groups is 1. The van der Waals surface area contributed by atoms with Gasteiger partial charge >= 0.3 is 0 Å². The van der Waals surface area contributed by atoms with Crippen LogP contribution in [0.5, 0.6) is 0 Å². The second kappa shape index (κ2) is 6.79. The largest absolute Gasteiger partial charge is 0.366 e. The fraction of sp³-hybridized carbons (Fsp3) is 0.286. The molecule has 2 aromatic carbocycles. The number of hydrogen-bond acceptors (Lipinski definition) is 5. The zero-order valence-corrected chi connectivity index (χ0v) is 16.3. The summed E-state index contributed by atoms with van der Waals surface area (Å²) in [6.07, 6.45) is 0.318. The highest BCUT2D eigenvalue weighted by Crippen LogP contribution is 2.33. The topological polar surface area (TPSA) is 81.3 Å². The summed E-state index contributed by atoms with van der Waals surface area (Å²) in [5.41, 5.74) is 1.62. The molecule has 0 radical (unpaired) electrons. The molecule has 1 fully saturated rings. The molecule has 0 bridgehead atoms. The van der Waals surface area contributed by atoms with Gasteiger partial charge in [-0.1, -0.05) is 6.92 Å². The molecule has 2 aliphatic rings. The summed E-state index contributed by atoms with van der Waals surface area (Å²) < 4.78 is 28.7. The van der Waals surface area contributed by atoms with Gasteiger partial charge in [0.2, 0.25) is 0 Å². The van der Waals surface area contributed by atoms with Crippen LogP contribution in [-0.4, -0.2) is 48.2 Å². The van der Waals surface area contributed by atoms with E-state index in [9.17, 15) is 14.0 Å². The van der Waals surface area contributed by atoms with Crippen LogP contribution in [0.25, 0.3) is 10.9 Å². The molecular formula is C21H19F2N5O2. The SMILES string of the molecule is CCc1c(F)c(N2CCN(c3n[nH]c4cc(F)ccc34)CC2)cc2c1C(=O)NC2=O. The quantitative estimate of drug-likeness (QED) is 0.648. The van der Waals surface area contributed by atoms with E-state index in [2.05, 4.69) is 20.4 Å². The fourth-order valence-corrected chi connectivity index (χ4v) is 4.31. The molecule has 0 spiro atoms. The summed E-state index contributed by atoms with van der Waals surface area (Å²) in [6.45, 7) is 3.97. The number of nitrogens with one attached hydrogen (secondary N) is 2. The van der Waals surface area contributed by atoms with Gasteiger partial charge < -0.3 is 9.80 Å². The third-order valence-electron chi connectivity index (χ3n) is 5.82. The molecule has 3 heterocycles. The molecule has 0 aliphatic carbocycles. The Labute approximate surface area is 170 Å². The number of halogens is 2. The molecule has 0 saturated carbocycles. The Balaban J connectivity index is 1.43. The van der Waals surface area contributed by atoms with Crippen molar-refractivity contribution < 1.29 is 18.4 Å². The standard InChI is InChI=1S/C21H19F2N5O2/c1-2-12-17-14(20(29)24-21(17)30)10-16(18(12)23)27-5-7-28(8-6-27)19-13-4-3-11(22)9-15(13)25-26-19/h3-4,9-10H,2,5-8H2,1H3,(H,25,26)(H,24,29,30). The predicted octanol–water partition coefficient (Wildman–Crippen LogP) is 2.61. The smallest absolute Gasteiger partial charge is 0.259 e. The maximum Gasteiger partial charge on any atom is 0.259 e. The van der Waals surface area contributed by atoms with Gasteiger partial charge in [0, 0.05) is 37.1 Å². The van der Waals surface area contributed by atoms with Crippen molar-refractivity contribution in [3.8, 4) is 0 Å². The Bertz CT molecular complexity index is 1200. The van der Waals surface area contributed by atoms with E-state index in [0.717, 1.165) is 11.2 Å². The van der Waals surface area contributed by atoms with E-state index in [1.807, 2.05) is 4.90 Å². The molecule has 2 amide bonds. The summed E-state index contributed by atoms with van der Waals surface area (Å²) >= 11 is 0. The average Bonchev–Trinajstić information content (AvgIpc) is 3.28. The maximum atomic E-state index is 15.2. The first-order valence-electron chi connectivity index (χ1n) is 9.82. The molecule has 2 N–H and O–H groups in total. The van der Waals surface area contributed by atoms with E-state index in [4.69, 9.17) is 0 Å². The first-order valence-corrected chi connectivity index (χ1v) is 9.82. The lowest BCUT2D eigenvalue weighted by atomic mass is 9.98. The van der Waals surface area contributed by atoms with E-state index in [-0.39, 0.29) is 22.5 Å². The van der Waals surface area contributed by atoms with Crippen molar-refractivity contribution in [1.82, 2.24) is 15.5 Å². The van der Waals surface area contributed by atoms with Crippen LogP contribution < -0.4 is 15.1 Å². The third kappa shape index (κ3) is 2.72. The molecule has 1 aromatic heterocycles. The van der Waals surface area contributed by atoms with Crippen LogP contribution in [0.15, 0.2) is 24.3 Å². The van der Waals surface area contributed by atoms with Crippen molar-refractivity contribution in [3.05, 3.63) is 52.6 Å². The lowest BCUT2D eigenvalue weighted by Crippen LogP contribution is -2.47. The summed E-state index contributed by atoms with van der Waals surface area (Å²) in [6, 6.07) is 5.97. The first-order chi connectivity index (χ1) is 14.5. The lowest BCUT2D eigenvalue weighted by Gasteiger charge is -2.37. The number of nitrogens with zero attached hydrogens (tertiary/aromatic N) is 3. The Kier molecular flexibility index (Phi) is 4.19. The highest BCUT2D eigenvalue weighted by Gasteiger charge is 2.34. The number of anilines is 2. The molecule has 154 valence electrons. The second-order valence-electron chi connectivity index (χ2n) is 7.46. The minimum atomic E-state index is -0.538. The van der Waals surface area contributed by atoms with E-state index in [1.165, 1.54) is 18.2 Å². The molecule has 0 atom stereocenters. The number of carbonyl (C=O) groups is 2. The number of piperazine rings is 1. The average molecular weight is 411 g/mol. The predicted molar refractivity (Wildman–Crippen MR) is 108 cm³/mol. The number of amides is 2. The van der Waals surface area contributed by atoms with Crippen molar-refractivity contribution in [2.75, 3.05) is 36.0 Å². The number of carbonyl (C=O) groups excluding carboxylic acids is 2. The van der Waals surface area contributed by atoms with Gasteiger partial charge in [-0.2, -0.15) is 5.10 Å². The number of H-pyrrole nitrogens is 1. The van der Waals surface area contributed by atoms with Crippen LogP contribution in [0.1, 0.15) is 33.2 Å². The summed E-state index contributed by atoms with van der Waals surface area (Å²) in [5, 5.41) is 10.3. The maximum absolute atomic E-state index is 15.2. The lowest BCUT2D eigenvalue weighted by molar-refractivity contribution is 0.0879. The number of aromatic nitrogens is 2. The van der Waals surface area contributed by atoms with Crippen LogP contribution >= 0.6 is 0 Å². The van der Waals surface area contributed by atoms with Crippen LogP contribution in [0, 0.1) is 11.6 Å². The summed E-state index contributed by atoms with van der Waals surface area (Å²) in [7, 11) is 0. The molecule has 5 rings (SSSR count). The van der Waals surface area contributed by atoms with Gasteiger partial charge in [-0.05, 0) is 30.7 Å². The van der Waals surface area contributed by atoms with Crippen LogP contribution in [0.3, 0.4) is 0 Å². The highest BCUT2D eigenvalue weighted by molar-refractivity contribution is 6.22. The number of benzene rings is 2. The van der Waals surface area contributed by atoms with Gasteiger partial charge in [0.15, 0.2) is 11.6 Å². The number of rotatable bonds is 3. The molecule has 2 aliphatic heterocycles. The van der Waals surface area contributed by atoms with E-state index in [0.29, 0.717) is 43.8 Å². The molecule has 1 saturated heterocycles. The third-order valence-corrected chi connectivity index (χ3v) is 5.82. The molecule has 9 heteroatoms. The van der Waals surface area contributed by atoms with Gasteiger partial charge in [-0.3, -0.25) is 20.0 Å². The Morgan fingerprint density at radius 2 is 1.77 bits per heavy atom. The minimum Gasteiger partial charge on any atom is -0.366 e. The molecule has 0 unspecified atom stereocenters. The van der Waals surface area contributed by atoms with Gasteiger partial charge in [0.1, 0.15) is 5.82 Å². The highest BCUT2D eigenvalue weighted by atomic mass is 19.1. The number of aromatic amines is 1. The minimum absolute atomic E-state index is 0.151. The fourth-order valence-electron chi connectivity index (χ4n) is 4.31. The second-order valence-corrected chi connectivity index (χ2v) is 7.46. The van der Waals surface area contributed by atoms with Gasteiger partial charge in [0.05, 0.1) is 22.3 Å². The van der Waals surface area contributed by atoms with E-state index < -0.39 is 17.6 Å². The zero-order valence-electron chi connectivity index (χ0n) is 16.3. The normalized spacial score (nSPS) is 16.4. The van der Waals surface area contributed by atoms with Crippen molar-refractivity contribution in [2.45, 2.75) is 13.3 Å². The first kappa shape index (κ1) is 18.5. The molecular weight excluding hydrogens is 392 g/mol. The van der Waals surface area contributed by atoms with Crippen LogP contribution in [-0.2, 0) is 6.42 Å². The summed E-state index contributed by atoms with van der Waals surface area (Å²) in [4.78, 5) is 28.1. The summed E-state index contributed by atoms with van der Waals surface area (Å²) in [5.74, 6) is -1.07. The van der Waals surface area contributed by atoms with E-state index in [1.54, 1.807) is 13.0 Å². The zero-order chi connectivity index (χ0) is 21.0. The van der Waals surface area contributed by atoms with Crippen molar-refractivity contribution in [2.24, 2.45) is 0 Å². The van der Waals surface area contributed by atoms with Crippen molar-refractivity contribution in [1.29, 1.82) is 0 Å². The molecule has 7 nitrogen and oxygen atoms in total. The van der Waals surface area contributed by atoms with E-state index >= 15 is 4.39 Å². The Morgan fingerprint density at radius 3 is 2.50 bits per heavy atom. The molecule has 3 aromatic rings. The molecule has 30 heavy (non-hydrogen) atoms. The number of hydrogen-bond donors (Lipinski definition) is 2.